The Labute approximate surface area is 190 Å². The Morgan fingerprint density at radius 2 is 1.88 bits per heavy atom. The van der Waals surface area contributed by atoms with Crippen LogP contribution in [0, 0.1) is 12.8 Å². The summed E-state index contributed by atoms with van der Waals surface area (Å²) in [4.78, 5) is 11.1. The highest BCUT2D eigenvalue weighted by Crippen LogP contribution is 2.31. The second-order valence-corrected chi connectivity index (χ2v) is 11.5. The van der Waals surface area contributed by atoms with Crippen molar-refractivity contribution >= 4 is 21.7 Å². The van der Waals surface area contributed by atoms with Crippen molar-refractivity contribution in [2.24, 2.45) is 5.92 Å². The largest absolute Gasteiger partial charge is 0.469 e. The van der Waals surface area contributed by atoms with Crippen LogP contribution in [0.4, 0.5) is 10.2 Å². The second-order valence-electron chi connectivity index (χ2n) is 9.34. The molecule has 0 spiro atoms. The van der Waals surface area contributed by atoms with Crippen molar-refractivity contribution in [3.05, 3.63) is 53.6 Å². The van der Waals surface area contributed by atoms with Crippen LogP contribution in [0.5, 0.6) is 5.88 Å². The van der Waals surface area contributed by atoms with E-state index in [2.05, 4.69) is 14.9 Å². The number of aromatic nitrogens is 2. The maximum Gasteiger partial charge on any atom is 0.258 e. The van der Waals surface area contributed by atoms with Gasteiger partial charge >= 0.3 is 0 Å². The van der Waals surface area contributed by atoms with Crippen LogP contribution < -0.4 is 9.64 Å². The van der Waals surface area contributed by atoms with Crippen molar-refractivity contribution in [2.45, 2.75) is 46.1 Å². The van der Waals surface area contributed by atoms with E-state index in [0.29, 0.717) is 43.2 Å². The summed E-state index contributed by atoms with van der Waals surface area (Å²) >= 11 is 0. The van der Waals surface area contributed by atoms with Gasteiger partial charge in [0.1, 0.15) is 17.2 Å². The Morgan fingerprint density at radius 3 is 2.50 bits per heavy atom. The number of nitrogens with zero attached hydrogens (tertiary/aromatic N) is 3. The summed E-state index contributed by atoms with van der Waals surface area (Å²) in [6.45, 7) is 9.07. The van der Waals surface area contributed by atoms with Crippen LogP contribution in [-0.2, 0) is 9.84 Å². The molecule has 3 rings (SSSR count). The van der Waals surface area contributed by atoms with E-state index in [1.54, 1.807) is 30.5 Å². The Bertz CT molecular complexity index is 1040. The quantitative estimate of drug-likeness (QED) is 0.600. The minimum atomic E-state index is -3.54. The van der Waals surface area contributed by atoms with Gasteiger partial charge in [0.05, 0.1) is 17.6 Å². The molecule has 0 radical (unpaired) electrons. The molecule has 0 N–H and O–H groups in total. The molecule has 0 saturated carbocycles. The Kier molecular flexibility index (Phi) is 7.54. The molecule has 1 aromatic heterocycles. The predicted molar refractivity (Wildman–Crippen MR) is 126 cm³/mol. The molecule has 0 unspecified atom stereocenters. The van der Waals surface area contributed by atoms with Crippen LogP contribution in [0.3, 0.4) is 0 Å². The molecule has 1 aliphatic heterocycles. The number of ether oxygens (including phenoxy) is 1. The van der Waals surface area contributed by atoms with Crippen molar-refractivity contribution in [1.82, 2.24) is 9.97 Å². The van der Waals surface area contributed by atoms with Gasteiger partial charge < -0.3 is 9.64 Å². The third-order valence-corrected chi connectivity index (χ3v) is 6.82. The van der Waals surface area contributed by atoms with Gasteiger partial charge in [-0.3, -0.25) is 0 Å². The smallest absolute Gasteiger partial charge is 0.258 e. The molecule has 8 heteroatoms. The van der Waals surface area contributed by atoms with Gasteiger partial charge in [-0.25, -0.2) is 22.8 Å². The molecule has 0 amide bonds. The molecule has 6 nitrogen and oxygen atoms in total. The number of rotatable bonds is 7. The van der Waals surface area contributed by atoms with Gasteiger partial charge in [0.15, 0.2) is 15.7 Å². The third kappa shape index (κ3) is 7.29. The van der Waals surface area contributed by atoms with E-state index >= 15 is 0 Å². The molecule has 2 aromatic rings. The lowest BCUT2D eigenvalue weighted by atomic mass is 9.99. The van der Waals surface area contributed by atoms with Crippen molar-refractivity contribution in [3.8, 4) is 5.88 Å². The lowest BCUT2D eigenvalue weighted by Gasteiger charge is -2.34. The Morgan fingerprint density at radius 1 is 1.22 bits per heavy atom. The number of benzene rings is 1. The van der Waals surface area contributed by atoms with Gasteiger partial charge in [0.25, 0.3) is 5.88 Å². The van der Waals surface area contributed by atoms with Crippen molar-refractivity contribution in [2.75, 3.05) is 29.5 Å². The van der Waals surface area contributed by atoms with Crippen LogP contribution in [0.2, 0.25) is 0 Å². The van der Waals surface area contributed by atoms with Crippen LogP contribution in [0.15, 0.2) is 42.4 Å². The minimum Gasteiger partial charge on any atom is -0.469 e. The summed E-state index contributed by atoms with van der Waals surface area (Å²) in [5.41, 5.74) is 1.05. The number of piperidine rings is 1. The van der Waals surface area contributed by atoms with Crippen LogP contribution in [0.25, 0.3) is 6.08 Å². The summed E-state index contributed by atoms with van der Waals surface area (Å²) < 4.78 is 45.4. The molecule has 1 aromatic carbocycles. The maximum absolute atomic E-state index is 14.3. The summed E-state index contributed by atoms with van der Waals surface area (Å²) in [6, 6.07) is 8.90. The first-order chi connectivity index (χ1) is 15.0. The summed E-state index contributed by atoms with van der Waals surface area (Å²) in [5.74, 6) is -0.0323. The topological polar surface area (TPSA) is 72.4 Å². The average molecular weight is 462 g/mol. The van der Waals surface area contributed by atoms with Gasteiger partial charge in [0, 0.05) is 13.1 Å². The SMILES string of the molecule is Cc1cnc(OC(C)(C)C)c(N2CCC(CS(=O)(=O)CC(F)=Cc3ccccc3)CC2)n1. The van der Waals surface area contributed by atoms with E-state index < -0.39 is 27.0 Å². The third-order valence-electron chi connectivity index (χ3n) is 5.13. The Balaban J connectivity index is 1.60. The summed E-state index contributed by atoms with van der Waals surface area (Å²) in [5, 5.41) is 0. The second kappa shape index (κ2) is 9.98. The highest BCUT2D eigenvalue weighted by molar-refractivity contribution is 7.91. The summed E-state index contributed by atoms with van der Waals surface area (Å²) in [7, 11) is -3.54. The zero-order valence-electron chi connectivity index (χ0n) is 19.2. The summed E-state index contributed by atoms with van der Waals surface area (Å²) in [6.07, 6.45) is 4.34. The maximum atomic E-state index is 14.3. The van der Waals surface area contributed by atoms with Gasteiger partial charge in [-0.1, -0.05) is 30.3 Å². The van der Waals surface area contributed by atoms with Crippen LogP contribution >= 0.6 is 0 Å². The van der Waals surface area contributed by atoms with Crippen LogP contribution in [-0.4, -0.2) is 48.6 Å². The molecule has 32 heavy (non-hydrogen) atoms. The molecule has 1 saturated heterocycles. The molecule has 0 atom stereocenters. The number of halogens is 1. The number of anilines is 1. The lowest BCUT2D eigenvalue weighted by molar-refractivity contribution is 0.124. The zero-order chi connectivity index (χ0) is 23.4. The lowest BCUT2D eigenvalue weighted by Crippen LogP contribution is -2.37. The first-order valence-electron chi connectivity index (χ1n) is 10.9. The van der Waals surface area contributed by atoms with E-state index in [0.717, 1.165) is 5.69 Å². The number of hydrogen-bond acceptors (Lipinski definition) is 6. The number of aryl methyl sites for hydroxylation is 1. The van der Waals surface area contributed by atoms with E-state index in [1.165, 1.54) is 6.08 Å². The predicted octanol–water partition coefficient (Wildman–Crippen LogP) is 4.60. The fourth-order valence-electron chi connectivity index (χ4n) is 3.73. The average Bonchev–Trinajstić information content (AvgIpc) is 2.69. The fraction of sp³-hybridized carbons (Fsp3) is 0.500. The van der Waals surface area contributed by atoms with E-state index in [4.69, 9.17) is 4.74 Å². The van der Waals surface area contributed by atoms with Gasteiger partial charge in [-0.2, -0.15) is 0 Å². The van der Waals surface area contributed by atoms with Gasteiger partial charge in [0.2, 0.25) is 0 Å². The molecule has 0 bridgehead atoms. The molecular weight excluding hydrogens is 429 g/mol. The number of hydrogen-bond donors (Lipinski definition) is 0. The first kappa shape index (κ1) is 24.2. The standard InChI is InChI=1S/C24H32FN3O3S/c1-18-15-26-23(31-24(2,3)4)22(27-18)28-12-10-20(11-13-28)16-32(29,30)17-21(25)14-19-8-6-5-7-9-19/h5-9,14-15,20H,10-13,16-17H2,1-4H3. The number of sulfone groups is 1. The molecule has 0 aliphatic carbocycles. The molecule has 2 heterocycles. The van der Waals surface area contributed by atoms with E-state index in [9.17, 15) is 12.8 Å². The minimum absolute atomic E-state index is 0.00877. The molecule has 1 aliphatic rings. The fourth-order valence-corrected chi connectivity index (χ4v) is 5.41. The molecule has 174 valence electrons. The van der Waals surface area contributed by atoms with Crippen molar-refractivity contribution in [3.63, 3.8) is 0 Å². The molecular formula is C24H32FN3O3S. The first-order valence-corrected chi connectivity index (χ1v) is 12.7. The van der Waals surface area contributed by atoms with Crippen LogP contribution in [0.1, 0.15) is 44.9 Å². The highest BCUT2D eigenvalue weighted by atomic mass is 32.2. The normalized spacial score (nSPS) is 16.3. The van der Waals surface area contributed by atoms with E-state index in [-0.39, 0.29) is 11.7 Å². The van der Waals surface area contributed by atoms with Gasteiger partial charge in [-0.05, 0) is 58.1 Å². The monoisotopic (exact) mass is 461 g/mol. The van der Waals surface area contributed by atoms with Gasteiger partial charge in [-0.15, -0.1) is 0 Å². The highest BCUT2D eigenvalue weighted by Gasteiger charge is 2.28. The zero-order valence-corrected chi connectivity index (χ0v) is 20.0. The van der Waals surface area contributed by atoms with E-state index in [1.807, 2.05) is 33.8 Å². The molecule has 1 fully saturated rings. The van der Waals surface area contributed by atoms with Crippen molar-refractivity contribution in [1.29, 1.82) is 0 Å². The van der Waals surface area contributed by atoms with Crippen molar-refractivity contribution < 1.29 is 17.5 Å². The Hall–Kier alpha value is -2.48.